The zero-order valence-electron chi connectivity index (χ0n) is 46.8. The van der Waals surface area contributed by atoms with Crippen LogP contribution in [0.15, 0.2) is 85.7 Å². The van der Waals surface area contributed by atoms with Gasteiger partial charge in [-0.15, -0.1) is 0 Å². The highest BCUT2D eigenvalue weighted by molar-refractivity contribution is 6.29. The largest absolute Gasteiger partial charge is 0.493 e. The van der Waals surface area contributed by atoms with E-state index in [4.69, 9.17) is 70.9 Å². The number of aromatic nitrogens is 8. The summed E-state index contributed by atoms with van der Waals surface area (Å²) in [5, 5.41) is 11.2. The Morgan fingerprint density at radius 2 is 1.10 bits per heavy atom. The van der Waals surface area contributed by atoms with Gasteiger partial charge in [-0.2, -0.15) is 9.97 Å². The van der Waals surface area contributed by atoms with Gasteiger partial charge in [0, 0.05) is 41.6 Å². The summed E-state index contributed by atoms with van der Waals surface area (Å²) in [4.78, 5) is 51.7. The lowest BCUT2D eigenvalue weighted by atomic mass is 10.2. The first kappa shape index (κ1) is 58.1. The summed E-state index contributed by atoms with van der Waals surface area (Å²) >= 11 is 6.21. The number of nitrogens with two attached hydrogens (primary N) is 2. The van der Waals surface area contributed by atoms with Crippen LogP contribution in [0.3, 0.4) is 0 Å². The average molecular weight is 1130 g/mol. The second kappa shape index (κ2) is 26.3. The quantitative estimate of drug-likeness (QED) is 0.0478. The van der Waals surface area contributed by atoms with Crippen LogP contribution < -0.4 is 70.2 Å². The number of ether oxygens (including phenoxy) is 8. The van der Waals surface area contributed by atoms with E-state index < -0.39 is 11.9 Å². The van der Waals surface area contributed by atoms with Gasteiger partial charge in [-0.1, -0.05) is 12.1 Å². The van der Waals surface area contributed by atoms with Crippen LogP contribution in [0, 0.1) is 0 Å². The van der Waals surface area contributed by atoms with Crippen LogP contribution in [0.2, 0.25) is 5.28 Å². The highest BCUT2D eigenvalue weighted by atomic mass is 35.5. The van der Waals surface area contributed by atoms with E-state index >= 15 is 0 Å². The molecule has 6 heterocycles. The van der Waals surface area contributed by atoms with Gasteiger partial charge in [-0.25, -0.2) is 19.9 Å². The Bertz CT molecular complexity index is 3450. The maximum atomic E-state index is 12.2. The van der Waals surface area contributed by atoms with Crippen LogP contribution in [0.1, 0.15) is 53.4 Å². The molecule has 4 aromatic heterocycles. The van der Waals surface area contributed by atoms with E-state index in [0.29, 0.717) is 99.2 Å². The summed E-state index contributed by atoms with van der Waals surface area (Å²) in [6.07, 6.45) is 10.4. The number of nitrogens with one attached hydrogen (secondary N) is 3. The Labute approximate surface area is 473 Å². The van der Waals surface area contributed by atoms with Gasteiger partial charge >= 0.3 is 0 Å². The fourth-order valence-electron chi connectivity index (χ4n) is 9.19. The molecule has 0 bridgehead atoms. The van der Waals surface area contributed by atoms with Crippen LogP contribution in [-0.2, 0) is 9.59 Å². The van der Waals surface area contributed by atoms with Crippen LogP contribution in [-0.4, -0.2) is 131 Å². The monoisotopic (exact) mass is 1130 g/mol. The van der Waals surface area contributed by atoms with Crippen molar-refractivity contribution in [1.29, 1.82) is 0 Å². The van der Waals surface area contributed by atoms with Gasteiger partial charge in [-0.05, 0) is 95.8 Å². The van der Waals surface area contributed by atoms with Crippen molar-refractivity contribution in [3.05, 3.63) is 91.0 Å². The second-order valence-electron chi connectivity index (χ2n) is 19.0. The third kappa shape index (κ3) is 13.5. The minimum Gasteiger partial charge on any atom is -0.493 e. The number of anilines is 5. The Morgan fingerprint density at radius 1 is 0.617 bits per heavy atom. The lowest BCUT2D eigenvalue weighted by molar-refractivity contribution is -0.120. The maximum absolute atomic E-state index is 12.2. The van der Waals surface area contributed by atoms with E-state index in [1.54, 1.807) is 55.3 Å². The number of primary amides is 2. The number of para-hydroxylation sites is 2. The molecule has 0 saturated carbocycles. The minimum absolute atomic E-state index is 0.00470. The molecular weight excluding hydrogens is 1060 g/mol. The molecule has 428 valence electrons. The summed E-state index contributed by atoms with van der Waals surface area (Å²) in [6, 6.07) is 18.1. The van der Waals surface area contributed by atoms with Crippen molar-refractivity contribution in [1.82, 2.24) is 44.4 Å². The number of benzene rings is 4. The van der Waals surface area contributed by atoms with E-state index in [-0.39, 0.29) is 29.4 Å². The first-order valence-electron chi connectivity index (χ1n) is 26.0. The average Bonchev–Trinajstić information content (AvgIpc) is 4.38. The van der Waals surface area contributed by atoms with Crippen molar-refractivity contribution < 1.29 is 47.5 Å². The molecule has 2 fully saturated rings. The molecule has 2 atom stereocenters. The molecule has 2 amide bonds. The zero-order valence-corrected chi connectivity index (χ0v) is 47.5. The summed E-state index contributed by atoms with van der Waals surface area (Å²) in [7, 11) is 9.41. The summed E-state index contributed by atoms with van der Waals surface area (Å²) in [5.41, 5.74) is 13.5. The van der Waals surface area contributed by atoms with Crippen LogP contribution >= 0.6 is 11.6 Å². The number of hydrogen-bond acceptors (Lipinski definition) is 20. The van der Waals surface area contributed by atoms with E-state index in [2.05, 4.69) is 35.9 Å². The molecule has 8 aromatic rings. The molecule has 2 saturated heterocycles. The van der Waals surface area contributed by atoms with Gasteiger partial charge in [0.2, 0.25) is 34.5 Å². The summed E-state index contributed by atoms with van der Waals surface area (Å²) in [6.45, 7) is 9.39. The molecule has 2 aliphatic rings. The molecule has 7 N–H and O–H groups in total. The molecule has 0 radical (unpaired) electrons. The van der Waals surface area contributed by atoms with Crippen molar-refractivity contribution in [3.8, 4) is 57.4 Å². The first-order valence-corrected chi connectivity index (χ1v) is 26.4. The zero-order chi connectivity index (χ0) is 57.9. The normalized spacial score (nSPS) is 14.7. The number of methoxy groups -OCH3 is 6. The Morgan fingerprint density at radius 3 is 1.51 bits per heavy atom. The fraction of sp³-hybridized carbons (Fsp3) is 0.357. The number of rotatable bonds is 19. The van der Waals surface area contributed by atoms with Crippen molar-refractivity contribution in [2.75, 3.05) is 71.3 Å². The van der Waals surface area contributed by atoms with E-state index in [1.807, 2.05) is 115 Å². The SMILES string of the molecule is COc1cc(-n2cnc(Nc3nc(Cl)nc4c(OC(C)C)cccc34)c2)cc(OC)c1OC.COc1cc(-n2cnc(Nc3nc(N4CCC[C@H]4C(N)=O)nc4c(OC(C)C)cccc34)c2)cc(OC)c1OC.NC(=O)[C@@H]1CCCN1. The van der Waals surface area contributed by atoms with E-state index in [0.717, 1.165) is 48.0 Å². The standard InChI is InChI=1S/C28H33N7O5.C23H24ClN5O4.C5H10N2O/c1-16(2)40-20-10-6-8-18-24(20)32-28(35-11-7-9-19(35)26(29)36)33-27(18)31-23-14-34(15-30-23)17-12-21(37-3)25(39-5)22(13-17)38-4;1-13(2)33-16-8-6-7-15-20(16)27-23(24)28-22(15)26-19-11-29(12-25-19)14-9-17(30-3)21(32-5)18(10-14)31-4;6-5(8)4-2-1-3-7-4/h6,8,10,12-16,19H,7,9,11H2,1-5H3,(H2,29,36)(H,31,32,33);6-13H,1-5H3,(H,26,27,28);4,7H,1-3H2,(H2,6,8)/t19-;;4-/m0.0/s1. The Kier molecular flexibility index (Phi) is 18.9. The van der Waals surface area contributed by atoms with Gasteiger partial charge in [0.05, 0.1) is 84.7 Å². The highest BCUT2D eigenvalue weighted by Crippen LogP contribution is 2.42. The molecule has 10 rings (SSSR count). The third-order valence-corrected chi connectivity index (χ3v) is 13.0. The van der Waals surface area contributed by atoms with Crippen molar-refractivity contribution in [2.45, 2.75) is 77.7 Å². The predicted molar refractivity (Wildman–Crippen MR) is 308 cm³/mol. The fourth-order valence-corrected chi connectivity index (χ4v) is 9.36. The first-order chi connectivity index (χ1) is 39.1. The summed E-state index contributed by atoms with van der Waals surface area (Å²) < 4.78 is 48.3. The second-order valence-corrected chi connectivity index (χ2v) is 19.3. The molecular formula is C56H67ClN14O10. The van der Waals surface area contributed by atoms with Crippen LogP contribution in [0.5, 0.6) is 46.0 Å². The minimum atomic E-state index is -0.470. The number of nitrogens with zero attached hydrogens (tertiary/aromatic N) is 9. The predicted octanol–water partition coefficient (Wildman–Crippen LogP) is 8.08. The number of carbonyl (C=O) groups is 2. The van der Waals surface area contributed by atoms with Crippen molar-refractivity contribution >= 4 is 74.4 Å². The van der Waals surface area contributed by atoms with Gasteiger partial charge in [0.1, 0.15) is 64.5 Å². The Hall–Kier alpha value is -9.03. The smallest absolute Gasteiger partial charge is 0.240 e. The Balaban J connectivity index is 0.000000189. The topological polar surface area (TPSA) is 287 Å². The number of carbonyl (C=O) groups excluding carboxylic acids is 2. The van der Waals surface area contributed by atoms with Crippen molar-refractivity contribution in [2.24, 2.45) is 11.5 Å². The molecule has 0 unspecified atom stereocenters. The number of amides is 2. The molecule has 0 spiro atoms. The van der Waals surface area contributed by atoms with Gasteiger partial charge in [-0.3, -0.25) is 9.59 Å². The number of imidazole rings is 2. The van der Waals surface area contributed by atoms with Gasteiger partial charge in [0.25, 0.3) is 0 Å². The molecule has 2 aliphatic heterocycles. The summed E-state index contributed by atoms with van der Waals surface area (Å²) in [5.74, 6) is 6.36. The molecule has 4 aromatic carbocycles. The molecule has 24 nitrogen and oxygen atoms in total. The van der Waals surface area contributed by atoms with Crippen LogP contribution in [0.4, 0.5) is 29.2 Å². The highest BCUT2D eigenvalue weighted by Gasteiger charge is 2.32. The number of halogens is 1. The van der Waals surface area contributed by atoms with Crippen LogP contribution in [0.25, 0.3) is 33.2 Å². The number of fused-ring (bicyclic) bond motifs is 2. The molecule has 0 aliphatic carbocycles. The molecule has 25 heteroatoms. The molecule has 81 heavy (non-hydrogen) atoms. The van der Waals surface area contributed by atoms with E-state index in [9.17, 15) is 9.59 Å². The van der Waals surface area contributed by atoms with Crippen molar-refractivity contribution in [3.63, 3.8) is 0 Å². The van der Waals surface area contributed by atoms with Gasteiger partial charge in [0.15, 0.2) is 23.0 Å². The maximum Gasteiger partial charge on any atom is 0.240 e. The van der Waals surface area contributed by atoms with E-state index in [1.165, 1.54) is 0 Å². The lowest BCUT2D eigenvalue weighted by Crippen LogP contribution is -2.41. The lowest BCUT2D eigenvalue weighted by Gasteiger charge is -2.23. The number of hydrogen-bond donors (Lipinski definition) is 5. The van der Waals surface area contributed by atoms with Gasteiger partial charge < -0.3 is 79.3 Å². The third-order valence-electron chi connectivity index (χ3n) is 12.9.